The summed E-state index contributed by atoms with van der Waals surface area (Å²) in [5.41, 5.74) is 3.69. The van der Waals surface area contributed by atoms with Crippen molar-refractivity contribution in [3.63, 3.8) is 0 Å². The number of halogens is 1. The summed E-state index contributed by atoms with van der Waals surface area (Å²) >= 11 is 3.45. The molecule has 1 amide bonds. The lowest BCUT2D eigenvalue weighted by molar-refractivity contribution is 0.0925. The van der Waals surface area contributed by atoms with E-state index in [1.165, 1.54) is 0 Å². The van der Waals surface area contributed by atoms with Gasteiger partial charge in [0.2, 0.25) is 0 Å². The summed E-state index contributed by atoms with van der Waals surface area (Å²) in [6.07, 6.45) is 0. The minimum absolute atomic E-state index is 0.231. The van der Waals surface area contributed by atoms with E-state index in [2.05, 4.69) is 26.3 Å². The first-order valence-electron chi connectivity index (χ1n) is 6.92. The summed E-state index contributed by atoms with van der Waals surface area (Å²) in [7, 11) is 1.89. The highest BCUT2D eigenvalue weighted by atomic mass is 79.9. The minimum Gasteiger partial charge on any atom is -0.451 e. The van der Waals surface area contributed by atoms with E-state index in [1.54, 1.807) is 6.07 Å². The lowest BCUT2D eigenvalue weighted by atomic mass is 10.2. The number of amides is 1. The van der Waals surface area contributed by atoms with E-state index in [0.717, 1.165) is 26.8 Å². The molecule has 114 valence electrons. The number of aromatic nitrogens is 2. The molecule has 3 rings (SSSR count). The number of hydrogen-bond acceptors (Lipinski definition) is 3. The molecule has 5 nitrogen and oxygen atoms in total. The summed E-state index contributed by atoms with van der Waals surface area (Å²) in [6.45, 7) is 4.36. The number of nitrogens with one attached hydrogen (secondary N) is 1. The van der Waals surface area contributed by atoms with Crippen LogP contribution >= 0.6 is 15.9 Å². The van der Waals surface area contributed by atoms with Crippen molar-refractivity contribution >= 4 is 32.8 Å². The molecule has 0 aliphatic heterocycles. The van der Waals surface area contributed by atoms with E-state index < -0.39 is 0 Å². The Hall–Kier alpha value is -2.08. The molecule has 0 aliphatic carbocycles. The second-order valence-electron chi connectivity index (χ2n) is 5.22. The van der Waals surface area contributed by atoms with Crippen LogP contribution in [0, 0.1) is 13.8 Å². The number of rotatable bonds is 3. The number of carbonyl (C=O) groups excluding carboxylic acids is 1. The van der Waals surface area contributed by atoms with E-state index in [0.29, 0.717) is 17.9 Å². The number of aryl methyl sites for hydroxylation is 2. The van der Waals surface area contributed by atoms with Gasteiger partial charge in [0, 0.05) is 34.7 Å². The van der Waals surface area contributed by atoms with Crippen LogP contribution in [0.1, 0.15) is 27.5 Å². The maximum atomic E-state index is 12.3. The Kier molecular flexibility index (Phi) is 3.78. The van der Waals surface area contributed by atoms with E-state index in [9.17, 15) is 4.79 Å². The number of benzene rings is 1. The van der Waals surface area contributed by atoms with Gasteiger partial charge in [-0.3, -0.25) is 9.48 Å². The normalized spacial score (nSPS) is 11.1. The van der Waals surface area contributed by atoms with Gasteiger partial charge in [0.1, 0.15) is 5.58 Å². The quantitative estimate of drug-likeness (QED) is 0.776. The SMILES string of the molecule is Cc1nn(C)c(C)c1CNC(=O)c1cc2c(Br)cccc2o1. The molecule has 0 unspecified atom stereocenters. The van der Waals surface area contributed by atoms with Gasteiger partial charge in [-0.15, -0.1) is 0 Å². The Morgan fingerprint density at radius 3 is 2.82 bits per heavy atom. The first-order chi connectivity index (χ1) is 10.5. The lowest BCUT2D eigenvalue weighted by Crippen LogP contribution is -2.22. The van der Waals surface area contributed by atoms with Crippen LogP contribution in [0.3, 0.4) is 0 Å². The van der Waals surface area contributed by atoms with Gasteiger partial charge < -0.3 is 9.73 Å². The number of hydrogen-bond donors (Lipinski definition) is 1. The minimum atomic E-state index is -0.231. The number of furan rings is 1. The smallest absolute Gasteiger partial charge is 0.287 e. The van der Waals surface area contributed by atoms with E-state index >= 15 is 0 Å². The standard InChI is InChI=1S/C16H16BrN3O2/c1-9-12(10(2)20(3)19-9)8-18-16(21)15-7-11-13(17)5-4-6-14(11)22-15/h4-7H,8H2,1-3H3,(H,18,21). The highest BCUT2D eigenvalue weighted by Gasteiger charge is 2.15. The summed E-state index contributed by atoms with van der Waals surface area (Å²) in [5.74, 6) is 0.0758. The molecule has 3 aromatic rings. The van der Waals surface area contributed by atoms with Crippen LogP contribution in [-0.2, 0) is 13.6 Å². The molecule has 1 aromatic carbocycles. The first kappa shape index (κ1) is 14.8. The van der Waals surface area contributed by atoms with Crippen LogP contribution in [-0.4, -0.2) is 15.7 Å². The zero-order valence-electron chi connectivity index (χ0n) is 12.6. The van der Waals surface area contributed by atoms with Crippen molar-refractivity contribution in [1.29, 1.82) is 0 Å². The predicted molar refractivity (Wildman–Crippen MR) is 87.8 cm³/mol. The van der Waals surface area contributed by atoms with Crippen molar-refractivity contribution in [2.45, 2.75) is 20.4 Å². The predicted octanol–water partition coefficient (Wildman–Crippen LogP) is 3.48. The van der Waals surface area contributed by atoms with Gasteiger partial charge in [0.05, 0.1) is 5.69 Å². The summed E-state index contributed by atoms with van der Waals surface area (Å²) in [4.78, 5) is 12.3. The van der Waals surface area contributed by atoms with E-state index in [-0.39, 0.29) is 5.91 Å². The molecule has 0 saturated carbocycles. The summed E-state index contributed by atoms with van der Waals surface area (Å²) < 4.78 is 8.33. The number of nitrogens with zero attached hydrogens (tertiary/aromatic N) is 2. The van der Waals surface area contributed by atoms with Crippen LogP contribution < -0.4 is 5.32 Å². The van der Waals surface area contributed by atoms with Crippen LogP contribution in [0.4, 0.5) is 0 Å². The van der Waals surface area contributed by atoms with Gasteiger partial charge in [0.25, 0.3) is 5.91 Å². The Morgan fingerprint density at radius 2 is 2.18 bits per heavy atom. The molecule has 6 heteroatoms. The largest absolute Gasteiger partial charge is 0.451 e. The topological polar surface area (TPSA) is 60.1 Å². The van der Waals surface area contributed by atoms with Gasteiger partial charge in [-0.05, 0) is 32.0 Å². The highest BCUT2D eigenvalue weighted by molar-refractivity contribution is 9.10. The number of carbonyl (C=O) groups is 1. The highest BCUT2D eigenvalue weighted by Crippen LogP contribution is 2.27. The average molecular weight is 362 g/mol. The fourth-order valence-corrected chi connectivity index (χ4v) is 2.93. The molecule has 0 bridgehead atoms. The molecule has 2 aromatic heterocycles. The Bertz CT molecular complexity index is 864. The number of fused-ring (bicyclic) bond motifs is 1. The van der Waals surface area contributed by atoms with Crippen molar-refractivity contribution in [2.24, 2.45) is 7.05 Å². The van der Waals surface area contributed by atoms with E-state index in [4.69, 9.17) is 4.42 Å². The van der Waals surface area contributed by atoms with Crippen LogP contribution in [0.2, 0.25) is 0 Å². The Labute approximate surface area is 136 Å². The molecular formula is C16H16BrN3O2. The Morgan fingerprint density at radius 1 is 1.41 bits per heavy atom. The van der Waals surface area contributed by atoms with Gasteiger partial charge in [-0.1, -0.05) is 22.0 Å². The fourth-order valence-electron chi connectivity index (χ4n) is 2.47. The molecular weight excluding hydrogens is 346 g/mol. The molecule has 1 N–H and O–H groups in total. The fraction of sp³-hybridized carbons (Fsp3) is 0.250. The lowest BCUT2D eigenvalue weighted by Gasteiger charge is -2.03. The summed E-state index contributed by atoms with van der Waals surface area (Å²) in [5, 5.41) is 8.12. The monoisotopic (exact) mass is 361 g/mol. The molecule has 0 aliphatic rings. The molecule has 0 radical (unpaired) electrons. The van der Waals surface area contributed by atoms with Crippen LogP contribution in [0.25, 0.3) is 11.0 Å². The second kappa shape index (κ2) is 5.61. The zero-order valence-corrected chi connectivity index (χ0v) is 14.2. The van der Waals surface area contributed by atoms with Crippen LogP contribution in [0.5, 0.6) is 0 Å². The maximum Gasteiger partial charge on any atom is 0.287 e. The third kappa shape index (κ3) is 2.54. The van der Waals surface area contributed by atoms with Crippen LogP contribution in [0.15, 0.2) is 33.2 Å². The molecule has 0 saturated heterocycles. The third-order valence-electron chi connectivity index (χ3n) is 3.82. The molecule has 0 atom stereocenters. The average Bonchev–Trinajstić information content (AvgIpc) is 3.01. The molecule has 0 fully saturated rings. The zero-order chi connectivity index (χ0) is 15.9. The second-order valence-corrected chi connectivity index (χ2v) is 6.07. The van der Waals surface area contributed by atoms with Gasteiger partial charge in [0.15, 0.2) is 5.76 Å². The first-order valence-corrected chi connectivity index (χ1v) is 7.72. The van der Waals surface area contributed by atoms with Crippen molar-refractivity contribution < 1.29 is 9.21 Å². The Balaban J connectivity index is 1.80. The van der Waals surface area contributed by atoms with Gasteiger partial charge >= 0.3 is 0 Å². The van der Waals surface area contributed by atoms with Gasteiger partial charge in [-0.25, -0.2) is 0 Å². The maximum absolute atomic E-state index is 12.3. The summed E-state index contributed by atoms with van der Waals surface area (Å²) in [6, 6.07) is 7.38. The van der Waals surface area contributed by atoms with Gasteiger partial charge in [-0.2, -0.15) is 5.10 Å². The van der Waals surface area contributed by atoms with Crippen molar-refractivity contribution in [2.75, 3.05) is 0 Å². The molecule has 2 heterocycles. The van der Waals surface area contributed by atoms with Crippen molar-refractivity contribution in [3.05, 3.63) is 51.4 Å². The molecule has 0 spiro atoms. The molecule has 22 heavy (non-hydrogen) atoms. The third-order valence-corrected chi connectivity index (χ3v) is 4.51. The van der Waals surface area contributed by atoms with E-state index in [1.807, 2.05) is 43.8 Å². The van der Waals surface area contributed by atoms with Crippen molar-refractivity contribution in [1.82, 2.24) is 15.1 Å². The van der Waals surface area contributed by atoms with Crippen molar-refractivity contribution in [3.8, 4) is 0 Å².